The van der Waals surface area contributed by atoms with Crippen LogP contribution in [0.2, 0.25) is 0 Å². The quantitative estimate of drug-likeness (QED) is 0.502. The summed E-state index contributed by atoms with van der Waals surface area (Å²) in [4.78, 5) is 0. The summed E-state index contributed by atoms with van der Waals surface area (Å²) in [5, 5.41) is 7.23. The fourth-order valence-electron chi connectivity index (χ4n) is 0.998. The molecule has 0 rings (SSSR count). The van der Waals surface area contributed by atoms with Crippen molar-refractivity contribution in [2.75, 3.05) is 0 Å². The molecule has 2 nitrogen and oxygen atoms in total. The van der Waals surface area contributed by atoms with Crippen LogP contribution in [0.1, 0.15) is 61.8 Å². The summed E-state index contributed by atoms with van der Waals surface area (Å²) in [6.07, 6.45) is 2.64. The smallest absolute Gasteiger partial charge is 0.0336 e. The third-order valence-electron chi connectivity index (χ3n) is 3.02. The second kappa shape index (κ2) is 14.1. The molecule has 0 aromatic heterocycles. The molecule has 0 aliphatic rings. The fraction of sp³-hybridized carbons (Fsp3) is 0.611. The van der Waals surface area contributed by atoms with Crippen molar-refractivity contribution in [1.82, 2.24) is 0 Å². The molecule has 118 valence electrons. The van der Waals surface area contributed by atoms with Crippen molar-refractivity contribution in [3.8, 4) is 0 Å². The zero-order valence-corrected chi connectivity index (χ0v) is 14.9. The highest BCUT2D eigenvalue weighted by Gasteiger charge is 1.99. The van der Waals surface area contributed by atoms with Crippen LogP contribution in [0.25, 0.3) is 0 Å². The van der Waals surface area contributed by atoms with Crippen LogP contribution in [0.3, 0.4) is 0 Å². The van der Waals surface area contributed by atoms with E-state index in [2.05, 4.69) is 54.7 Å². The zero-order valence-electron chi connectivity index (χ0n) is 14.9. The maximum absolute atomic E-state index is 7.23. The normalized spacial score (nSPS) is 10.2. The van der Waals surface area contributed by atoms with Crippen LogP contribution < -0.4 is 5.73 Å². The fourth-order valence-corrected chi connectivity index (χ4v) is 0.998. The van der Waals surface area contributed by atoms with Crippen molar-refractivity contribution in [3.63, 3.8) is 0 Å². The third-order valence-corrected chi connectivity index (χ3v) is 3.02. The molecule has 0 aliphatic carbocycles. The summed E-state index contributed by atoms with van der Waals surface area (Å²) in [5.74, 6) is 1.10. The van der Waals surface area contributed by atoms with Crippen LogP contribution in [0, 0.1) is 17.2 Å². The van der Waals surface area contributed by atoms with Crippen LogP contribution in [-0.4, -0.2) is 5.71 Å². The minimum Gasteiger partial charge on any atom is -0.403 e. The lowest BCUT2D eigenvalue weighted by molar-refractivity contribution is 0.739. The average molecular weight is 280 g/mol. The molecule has 0 radical (unpaired) electrons. The van der Waals surface area contributed by atoms with Gasteiger partial charge in [0.05, 0.1) is 0 Å². The van der Waals surface area contributed by atoms with Gasteiger partial charge in [0.25, 0.3) is 0 Å². The number of hydrogen-bond acceptors (Lipinski definition) is 2. The van der Waals surface area contributed by atoms with Crippen molar-refractivity contribution in [1.29, 1.82) is 5.41 Å². The standard InChI is InChI=1S/C8H16.C7H13N.C3H7N/c1-6(2)8(5)7(3)4;1-4-6(3)7(8)5-2;1-3(2)4/h6H,1-5H3;5-6,8H,2,4H2,1,3H3;1,4H2,2H3. The van der Waals surface area contributed by atoms with Gasteiger partial charge in [-0.1, -0.05) is 52.0 Å². The Bertz CT molecular complexity index is 314. The Morgan fingerprint density at radius 2 is 1.50 bits per heavy atom. The molecule has 20 heavy (non-hydrogen) atoms. The number of hydrogen-bond donors (Lipinski definition) is 2. The molecule has 2 heteroatoms. The molecule has 1 unspecified atom stereocenters. The molecule has 0 saturated carbocycles. The molecule has 0 saturated heterocycles. The van der Waals surface area contributed by atoms with Gasteiger partial charge >= 0.3 is 0 Å². The second-order valence-corrected chi connectivity index (χ2v) is 5.65. The van der Waals surface area contributed by atoms with Gasteiger partial charge in [-0.25, -0.2) is 0 Å². The monoisotopic (exact) mass is 280 g/mol. The first-order chi connectivity index (χ1) is 9.00. The Balaban J connectivity index is -0.000000230. The van der Waals surface area contributed by atoms with E-state index in [0.717, 1.165) is 12.3 Å². The van der Waals surface area contributed by atoms with Gasteiger partial charge in [0.15, 0.2) is 0 Å². The molecule has 0 spiro atoms. The molecule has 0 aliphatic heterocycles. The van der Waals surface area contributed by atoms with E-state index in [0.29, 0.717) is 17.3 Å². The zero-order chi connectivity index (χ0) is 16.9. The van der Waals surface area contributed by atoms with E-state index in [-0.39, 0.29) is 0 Å². The first-order valence-corrected chi connectivity index (χ1v) is 7.26. The van der Waals surface area contributed by atoms with Crippen LogP contribution in [0.5, 0.6) is 0 Å². The first-order valence-electron chi connectivity index (χ1n) is 7.26. The van der Waals surface area contributed by atoms with Crippen LogP contribution in [-0.2, 0) is 0 Å². The Kier molecular flexibility index (Phi) is 16.8. The first kappa shape index (κ1) is 23.8. The SMILES string of the molecule is C=C(C)N.C=CC(=N)C(C)CC.CC(C)=C(C)C(C)C. The molecular formula is C18H36N2. The van der Waals surface area contributed by atoms with Crippen LogP contribution in [0.15, 0.2) is 36.1 Å². The van der Waals surface area contributed by atoms with Gasteiger partial charge in [-0.05, 0) is 57.7 Å². The molecular weight excluding hydrogens is 244 g/mol. The van der Waals surface area contributed by atoms with Gasteiger partial charge in [0.2, 0.25) is 0 Å². The van der Waals surface area contributed by atoms with Crippen molar-refractivity contribution in [3.05, 3.63) is 36.1 Å². The lowest BCUT2D eigenvalue weighted by Gasteiger charge is -2.05. The molecule has 0 heterocycles. The minimum atomic E-state index is 0.382. The van der Waals surface area contributed by atoms with Gasteiger partial charge in [-0.15, -0.1) is 0 Å². The van der Waals surface area contributed by atoms with Gasteiger partial charge in [0, 0.05) is 5.71 Å². The maximum atomic E-state index is 7.23. The van der Waals surface area contributed by atoms with Crippen molar-refractivity contribution < 1.29 is 0 Å². The van der Waals surface area contributed by atoms with Gasteiger partial charge in [-0.3, -0.25) is 0 Å². The van der Waals surface area contributed by atoms with E-state index in [9.17, 15) is 0 Å². The largest absolute Gasteiger partial charge is 0.403 e. The molecule has 1 atom stereocenters. The topological polar surface area (TPSA) is 49.9 Å². The highest BCUT2D eigenvalue weighted by Crippen LogP contribution is 2.12. The van der Waals surface area contributed by atoms with E-state index >= 15 is 0 Å². The van der Waals surface area contributed by atoms with Gasteiger partial charge < -0.3 is 11.1 Å². The third kappa shape index (κ3) is 19.0. The van der Waals surface area contributed by atoms with E-state index in [4.69, 9.17) is 11.1 Å². The summed E-state index contributed by atoms with van der Waals surface area (Å²) >= 11 is 0. The minimum absolute atomic E-state index is 0.382. The van der Waals surface area contributed by atoms with Gasteiger partial charge in [0.1, 0.15) is 0 Å². The highest BCUT2D eigenvalue weighted by molar-refractivity contribution is 5.93. The molecule has 0 amide bonds. The summed E-state index contributed by atoms with van der Waals surface area (Å²) in [5.41, 5.74) is 9.21. The number of nitrogens with two attached hydrogens (primary N) is 1. The number of allylic oxidation sites excluding steroid dienone is 4. The maximum Gasteiger partial charge on any atom is 0.0336 e. The van der Waals surface area contributed by atoms with Crippen molar-refractivity contribution in [2.45, 2.75) is 61.8 Å². The van der Waals surface area contributed by atoms with Gasteiger partial charge in [-0.2, -0.15) is 0 Å². The Labute approximate surface area is 127 Å². The lowest BCUT2D eigenvalue weighted by atomic mass is 10.0. The average Bonchev–Trinajstić information content (AvgIpc) is 2.35. The lowest BCUT2D eigenvalue weighted by Crippen LogP contribution is -2.03. The second-order valence-electron chi connectivity index (χ2n) is 5.65. The summed E-state index contributed by atoms with van der Waals surface area (Å²) in [6, 6.07) is 0. The Morgan fingerprint density at radius 1 is 1.15 bits per heavy atom. The molecule has 0 bridgehead atoms. The van der Waals surface area contributed by atoms with Crippen LogP contribution >= 0.6 is 0 Å². The van der Waals surface area contributed by atoms with E-state index in [1.54, 1.807) is 13.0 Å². The number of rotatable bonds is 4. The molecule has 0 aromatic rings. The summed E-state index contributed by atoms with van der Waals surface area (Å²) < 4.78 is 0. The van der Waals surface area contributed by atoms with E-state index < -0.39 is 0 Å². The van der Waals surface area contributed by atoms with E-state index in [1.165, 1.54) is 11.1 Å². The highest BCUT2D eigenvalue weighted by atomic mass is 14.5. The van der Waals surface area contributed by atoms with Crippen molar-refractivity contribution in [2.24, 2.45) is 17.6 Å². The molecule has 3 N–H and O–H groups in total. The van der Waals surface area contributed by atoms with Crippen LogP contribution in [0.4, 0.5) is 0 Å². The molecule has 0 aromatic carbocycles. The molecule has 0 fully saturated rings. The van der Waals surface area contributed by atoms with Crippen molar-refractivity contribution >= 4 is 5.71 Å². The number of nitrogens with one attached hydrogen (secondary N) is 1. The summed E-state index contributed by atoms with van der Waals surface area (Å²) in [6.45, 7) is 23.7. The predicted octanol–water partition coefficient (Wildman–Crippen LogP) is 5.72. The summed E-state index contributed by atoms with van der Waals surface area (Å²) in [7, 11) is 0. The predicted molar refractivity (Wildman–Crippen MR) is 95.3 cm³/mol. The Hall–Kier alpha value is -1.31. The van der Waals surface area contributed by atoms with E-state index in [1.807, 2.05) is 6.92 Å². The Morgan fingerprint density at radius 3 is 1.55 bits per heavy atom.